The van der Waals surface area contributed by atoms with Gasteiger partial charge in [-0.05, 0) is 0 Å². The molecule has 0 amide bonds. The van der Waals surface area contributed by atoms with Gasteiger partial charge in [-0.25, -0.2) is 4.79 Å². The molecule has 0 aromatic carbocycles. The van der Waals surface area contributed by atoms with E-state index >= 15 is 0 Å². The van der Waals surface area contributed by atoms with Gasteiger partial charge in [0.15, 0.2) is 0 Å². The molecule has 0 atom stereocenters. The molecule has 4 nitrogen and oxygen atoms in total. The Morgan fingerprint density at radius 3 is 2.50 bits per heavy atom. The number of aromatic carboxylic acids is 1. The number of carboxylic acid groups (broad SMARTS) is 1. The number of hydrogen-bond donors (Lipinski definition) is 2. The van der Waals surface area contributed by atoms with Crippen LogP contribution < -0.4 is 0 Å². The third-order valence-corrected chi connectivity index (χ3v) is 0.745. The van der Waals surface area contributed by atoms with Gasteiger partial charge in [0.25, 0.3) is 0 Å². The van der Waals surface area contributed by atoms with Crippen molar-refractivity contribution < 1.29 is 9.90 Å². The number of hydrogen-bond acceptors (Lipinski definition) is 2. The summed E-state index contributed by atoms with van der Waals surface area (Å²) in [6, 6.07) is 0. The Balaban J connectivity index is 0.000000371. The second-order valence-corrected chi connectivity index (χ2v) is 1.29. The number of carboxylic acids is 1. The summed E-state index contributed by atoms with van der Waals surface area (Å²) < 4.78 is 0. The zero-order valence-electron chi connectivity index (χ0n) is 5.96. The fourth-order valence-corrected chi connectivity index (χ4v) is 0.368. The molecule has 2 N–H and O–H groups in total. The van der Waals surface area contributed by atoms with Crippen LogP contribution in [0.4, 0.5) is 0 Å². The number of carbonyl (C=O) groups is 1. The van der Waals surface area contributed by atoms with Gasteiger partial charge in [-0.3, -0.25) is 5.10 Å². The highest BCUT2D eigenvalue weighted by Gasteiger charge is 1.99. The monoisotopic (exact) mass is 142 g/mol. The summed E-state index contributed by atoms with van der Waals surface area (Å²) in [5.41, 5.74) is 0.185. The van der Waals surface area contributed by atoms with E-state index in [0.717, 1.165) is 0 Å². The third-order valence-electron chi connectivity index (χ3n) is 0.745. The van der Waals surface area contributed by atoms with Crippen molar-refractivity contribution in [3.8, 4) is 0 Å². The SMILES string of the molecule is CC.O=C(O)c1cn[nH]c1. The van der Waals surface area contributed by atoms with Crippen molar-refractivity contribution in [1.29, 1.82) is 0 Å². The first-order chi connectivity index (χ1) is 4.80. The minimum absolute atomic E-state index is 0.185. The quantitative estimate of drug-likeness (QED) is 0.617. The Kier molecular flexibility index (Phi) is 3.95. The van der Waals surface area contributed by atoms with E-state index in [2.05, 4.69) is 10.2 Å². The van der Waals surface area contributed by atoms with Crippen LogP contribution in [0, 0.1) is 0 Å². The highest BCUT2D eigenvalue weighted by molar-refractivity contribution is 5.86. The van der Waals surface area contributed by atoms with E-state index in [-0.39, 0.29) is 5.56 Å². The Morgan fingerprint density at radius 2 is 2.30 bits per heavy atom. The first-order valence-electron chi connectivity index (χ1n) is 3.03. The predicted molar refractivity (Wildman–Crippen MR) is 36.9 cm³/mol. The lowest BCUT2D eigenvalue weighted by Crippen LogP contribution is -1.91. The first kappa shape index (κ1) is 8.68. The molecule has 0 radical (unpaired) electrons. The van der Waals surface area contributed by atoms with Gasteiger partial charge in [0.2, 0.25) is 0 Å². The van der Waals surface area contributed by atoms with Crippen molar-refractivity contribution in [1.82, 2.24) is 10.2 Å². The Hall–Kier alpha value is -1.32. The van der Waals surface area contributed by atoms with Gasteiger partial charge in [-0.15, -0.1) is 0 Å². The topological polar surface area (TPSA) is 66.0 Å². The maximum Gasteiger partial charge on any atom is 0.338 e. The van der Waals surface area contributed by atoms with Crippen LogP contribution in [0.1, 0.15) is 24.2 Å². The highest BCUT2D eigenvalue weighted by atomic mass is 16.4. The normalized spacial score (nSPS) is 7.80. The lowest BCUT2D eigenvalue weighted by molar-refractivity contribution is 0.0697. The molecule has 0 spiro atoms. The molecule has 1 aromatic heterocycles. The fourth-order valence-electron chi connectivity index (χ4n) is 0.368. The summed E-state index contributed by atoms with van der Waals surface area (Å²) in [4.78, 5) is 10.0. The van der Waals surface area contributed by atoms with Crippen molar-refractivity contribution in [3.63, 3.8) is 0 Å². The standard InChI is InChI=1S/C4H4N2O2.C2H6/c7-4(8)3-1-5-6-2-3;1-2/h1-2H,(H,5,6)(H,7,8);1-2H3. The molecule has 56 valence electrons. The van der Waals surface area contributed by atoms with E-state index in [1.54, 1.807) is 0 Å². The summed E-state index contributed by atoms with van der Waals surface area (Å²) >= 11 is 0. The molecular formula is C6H10N2O2. The molecule has 1 aromatic rings. The van der Waals surface area contributed by atoms with Crippen molar-refractivity contribution in [2.75, 3.05) is 0 Å². The molecule has 4 heteroatoms. The zero-order valence-corrected chi connectivity index (χ0v) is 5.96. The van der Waals surface area contributed by atoms with Crippen LogP contribution in [-0.4, -0.2) is 21.3 Å². The Labute approximate surface area is 58.9 Å². The van der Waals surface area contributed by atoms with Crippen molar-refractivity contribution in [2.45, 2.75) is 13.8 Å². The smallest absolute Gasteiger partial charge is 0.338 e. The van der Waals surface area contributed by atoms with Gasteiger partial charge < -0.3 is 5.11 Å². The molecule has 0 aliphatic rings. The summed E-state index contributed by atoms with van der Waals surface area (Å²) in [7, 11) is 0. The van der Waals surface area contributed by atoms with Crippen LogP contribution >= 0.6 is 0 Å². The van der Waals surface area contributed by atoms with Crippen LogP contribution in [0.25, 0.3) is 0 Å². The summed E-state index contributed by atoms with van der Waals surface area (Å²) in [6.45, 7) is 4.00. The van der Waals surface area contributed by atoms with E-state index in [0.29, 0.717) is 0 Å². The molecule has 0 bridgehead atoms. The Bertz CT molecular complexity index is 182. The van der Waals surface area contributed by atoms with Crippen molar-refractivity contribution >= 4 is 5.97 Å². The number of aromatic amines is 1. The predicted octanol–water partition coefficient (Wildman–Crippen LogP) is 1.13. The van der Waals surface area contributed by atoms with Crippen molar-refractivity contribution in [2.24, 2.45) is 0 Å². The van der Waals surface area contributed by atoms with Gasteiger partial charge in [0.05, 0.1) is 11.8 Å². The maximum absolute atomic E-state index is 10.0. The fraction of sp³-hybridized carbons (Fsp3) is 0.333. The lowest BCUT2D eigenvalue weighted by atomic mass is 10.4. The molecule has 0 aliphatic carbocycles. The molecule has 1 rings (SSSR count). The molecule has 1 heterocycles. The number of nitrogens with one attached hydrogen (secondary N) is 1. The average Bonchev–Trinajstić information content (AvgIpc) is 2.42. The third kappa shape index (κ3) is 2.30. The highest BCUT2D eigenvalue weighted by Crippen LogP contribution is 1.90. The minimum Gasteiger partial charge on any atom is -0.478 e. The van der Waals surface area contributed by atoms with E-state index in [9.17, 15) is 4.79 Å². The van der Waals surface area contributed by atoms with Crippen LogP contribution in [0.2, 0.25) is 0 Å². The minimum atomic E-state index is -0.959. The van der Waals surface area contributed by atoms with E-state index in [1.807, 2.05) is 13.8 Å². The maximum atomic E-state index is 10.0. The molecule has 0 saturated heterocycles. The summed E-state index contributed by atoms with van der Waals surface area (Å²) in [6.07, 6.45) is 2.57. The van der Waals surface area contributed by atoms with Crippen LogP contribution in [0.5, 0.6) is 0 Å². The second kappa shape index (κ2) is 4.55. The zero-order chi connectivity index (χ0) is 7.98. The van der Waals surface area contributed by atoms with E-state index in [1.165, 1.54) is 12.4 Å². The van der Waals surface area contributed by atoms with Crippen LogP contribution in [-0.2, 0) is 0 Å². The largest absolute Gasteiger partial charge is 0.478 e. The van der Waals surface area contributed by atoms with Gasteiger partial charge in [-0.2, -0.15) is 5.10 Å². The molecule has 0 saturated carbocycles. The number of rotatable bonds is 1. The molecule has 0 fully saturated rings. The Morgan fingerprint density at radius 1 is 1.70 bits per heavy atom. The number of H-pyrrole nitrogens is 1. The van der Waals surface area contributed by atoms with Gasteiger partial charge in [-0.1, -0.05) is 13.8 Å². The van der Waals surface area contributed by atoms with Crippen LogP contribution in [0.15, 0.2) is 12.4 Å². The summed E-state index contributed by atoms with van der Waals surface area (Å²) in [5.74, 6) is -0.959. The van der Waals surface area contributed by atoms with Gasteiger partial charge in [0.1, 0.15) is 0 Å². The van der Waals surface area contributed by atoms with Crippen LogP contribution in [0.3, 0.4) is 0 Å². The van der Waals surface area contributed by atoms with E-state index < -0.39 is 5.97 Å². The number of aromatic nitrogens is 2. The number of nitrogens with zero attached hydrogens (tertiary/aromatic N) is 1. The van der Waals surface area contributed by atoms with Gasteiger partial charge >= 0.3 is 5.97 Å². The van der Waals surface area contributed by atoms with Crippen molar-refractivity contribution in [3.05, 3.63) is 18.0 Å². The average molecular weight is 142 g/mol. The summed E-state index contributed by atoms with van der Waals surface area (Å²) in [5, 5.41) is 14.0. The molecule has 0 aliphatic heterocycles. The first-order valence-corrected chi connectivity index (χ1v) is 3.03. The van der Waals surface area contributed by atoms with Gasteiger partial charge in [0, 0.05) is 6.20 Å². The molecule has 0 unspecified atom stereocenters. The molecule has 10 heavy (non-hydrogen) atoms. The second-order valence-electron chi connectivity index (χ2n) is 1.29. The van der Waals surface area contributed by atoms with E-state index in [4.69, 9.17) is 5.11 Å². The lowest BCUT2D eigenvalue weighted by Gasteiger charge is -1.77. The molecular weight excluding hydrogens is 132 g/mol.